The normalized spacial score (nSPS) is 15.3. The van der Waals surface area contributed by atoms with Gasteiger partial charge in [-0.25, -0.2) is 4.98 Å². The van der Waals surface area contributed by atoms with Crippen LogP contribution in [-0.4, -0.2) is 24.0 Å². The van der Waals surface area contributed by atoms with Crippen LogP contribution in [0.1, 0.15) is 30.4 Å². The van der Waals surface area contributed by atoms with E-state index in [1.54, 1.807) is 6.08 Å². The summed E-state index contributed by atoms with van der Waals surface area (Å²) in [6.07, 6.45) is 5.02. The van der Waals surface area contributed by atoms with Gasteiger partial charge in [-0.3, -0.25) is 4.79 Å². The highest BCUT2D eigenvalue weighted by atomic mass is 16.1. The highest BCUT2D eigenvalue weighted by molar-refractivity contribution is 6.01. The van der Waals surface area contributed by atoms with Gasteiger partial charge in [-0.05, 0) is 50.5 Å². The number of hydrogen-bond acceptors (Lipinski definition) is 4. The van der Waals surface area contributed by atoms with Crippen LogP contribution < -0.4 is 10.6 Å². The number of aromatic nitrogens is 1. The molecule has 1 aromatic heterocycles. The van der Waals surface area contributed by atoms with Gasteiger partial charge in [0, 0.05) is 24.0 Å². The number of nitriles is 1. The van der Waals surface area contributed by atoms with E-state index in [1.165, 1.54) is 6.42 Å². The standard InChI is InChI=1S/C19H20N4O/c1-13-5-6-17-14(9-13)10-15(11-16(12-20)18(21)24)19(22-17)23-7-3-2-4-8-23/h5-6,9-11H,2-4,7-8H2,1H3,(H2,21,24). The third kappa shape index (κ3) is 3.23. The number of carbonyl (C=O) groups excluding carboxylic acids is 1. The lowest BCUT2D eigenvalue weighted by Crippen LogP contribution is -2.30. The van der Waals surface area contributed by atoms with Gasteiger partial charge in [0.05, 0.1) is 5.52 Å². The third-order valence-electron chi connectivity index (χ3n) is 4.32. The number of aryl methyl sites for hydroxylation is 1. The number of nitrogens with zero attached hydrogens (tertiary/aromatic N) is 3. The second-order valence-corrected chi connectivity index (χ2v) is 6.18. The first-order chi connectivity index (χ1) is 11.6. The molecule has 0 atom stereocenters. The molecule has 1 saturated heterocycles. The molecular formula is C19H20N4O. The number of amides is 1. The van der Waals surface area contributed by atoms with Crippen LogP contribution in [-0.2, 0) is 4.79 Å². The number of piperidine rings is 1. The van der Waals surface area contributed by atoms with Gasteiger partial charge in [-0.2, -0.15) is 5.26 Å². The minimum absolute atomic E-state index is 0.0536. The van der Waals surface area contributed by atoms with Crippen molar-refractivity contribution >= 4 is 28.7 Å². The largest absolute Gasteiger partial charge is 0.365 e. The summed E-state index contributed by atoms with van der Waals surface area (Å²) >= 11 is 0. The average molecular weight is 320 g/mol. The van der Waals surface area contributed by atoms with Crippen molar-refractivity contribution in [3.63, 3.8) is 0 Å². The van der Waals surface area contributed by atoms with Crippen LogP contribution in [0, 0.1) is 18.3 Å². The Morgan fingerprint density at radius 2 is 2.04 bits per heavy atom. The topological polar surface area (TPSA) is 83.0 Å². The van der Waals surface area contributed by atoms with Gasteiger partial charge < -0.3 is 10.6 Å². The number of benzene rings is 1. The zero-order valence-electron chi connectivity index (χ0n) is 13.7. The van der Waals surface area contributed by atoms with Gasteiger partial charge in [-0.1, -0.05) is 11.6 Å². The molecule has 0 unspecified atom stereocenters. The van der Waals surface area contributed by atoms with Crippen LogP contribution in [0.3, 0.4) is 0 Å². The second-order valence-electron chi connectivity index (χ2n) is 6.18. The van der Waals surface area contributed by atoms with E-state index in [0.717, 1.165) is 53.8 Å². The Kier molecular flexibility index (Phi) is 4.48. The molecule has 0 saturated carbocycles. The Hall–Kier alpha value is -2.87. The number of fused-ring (bicyclic) bond motifs is 1. The lowest BCUT2D eigenvalue weighted by atomic mass is 10.0. The van der Waals surface area contributed by atoms with Gasteiger partial charge >= 0.3 is 0 Å². The number of nitrogens with two attached hydrogens (primary N) is 1. The third-order valence-corrected chi connectivity index (χ3v) is 4.32. The molecule has 2 aromatic rings. The molecule has 122 valence electrons. The van der Waals surface area contributed by atoms with Gasteiger partial charge in [-0.15, -0.1) is 0 Å². The maximum atomic E-state index is 11.4. The van der Waals surface area contributed by atoms with E-state index in [4.69, 9.17) is 16.0 Å². The molecule has 0 bridgehead atoms. The zero-order chi connectivity index (χ0) is 17.1. The maximum Gasteiger partial charge on any atom is 0.259 e. The monoisotopic (exact) mass is 320 g/mol. The van der Waals surface area contributed by atoms with Crippen LogP contribution in [0.15, 0.2) is 29.8 Å². The van der Waals surface area contributed by atoms with E-state index in [1.807, 2.05) is 31.2 Å². The first kappa shape index (κ1) is 16.0. The first-order valence-electron chi connectivity index (χ1n) is 8.16. The molecule has 2 heterocycles. The van der Waals surface area contributed by atoms with E-state index in [-0.39, 0.29) is 5.57 Å². The molecule has 5 nitrogen and oxygen atoms in total. The quantitative estimate of drug-likeness (QED) is 0.696. The fourth-order valence-electron chi connectivity index (χ4n) is 3.08. The summed E-state index contributed by atoms with van der Waals surface area (Å²) in [5.41, 5.74) is 8.06. The van der Waals surface area contributed by atoms with Crippen molar-refractivity contribution in [2.75, 3.05) is 18.0 Å². The summed E-state index contributed by atoms with van der Waals surface area (Å²) in [5, 5.41) is 10.2. The highest BCUT2D eigenvalue weighted by Gasteiger charge is 2.17. The molecule has 1 aliphatic rings. The molecule has 1 fully saturated rings. The van der Waals surface area contributed by atoms with E-state index in [0.29, 0.717) is 0 Å². The Balaban J connectivity index is 2.18. The molecule has 3 rings (SSSR count). The van der Waals surface area contributed by atoms with Crippen LogP contribution in [0.4, 0.5) is 5.82 Å². The van der Waals surface area contributed by atoms with Crippen molar-refractivity contribution in [3.05, 3.63) is 41.0 Å². The van der Waals surface area contributed by atoms with Crippen molar-refractivity contribution in [1.82, 2.24) is 4.98 Å². The summed E-state index contributed by atoms with van der Waals surface area (Å²) in [6.45, 7) is 3.89. The molecule has 1 aliphatic heterocycles. The molecule has 0 radical (unpaired) electrons. The lowest BCUT2D eigenvalue weighted by Gasteiger charge is -2.29. The number of pyridine rings is 1. The minimum Gasteiger partial charge on any atom is -0.365 e. The molecule has 2 N–H and O–H groups in total. The Morgan fingerprint density at radius 1 is 1.29 bits per heavy atom. The van der Waals surface area contributed by atoms with Gasteiger partial charge in [0.15, 0.2) is 0 Å². The average Bonchev–Trinajstić information content (AvgIpc) is 2.59. The van der Waals surface area contributed by atoms with Crippen molar-refractivity contribution < 1.29 is 4.79 Å². The van der Waals surface area contributed by atoms with Crippen LogP contribution in [0.2, 0.25) is 0 Å². The zero-order valence-corrected chi connectivity index (χ0v) is 13.7. The molecule has 0 spiro atoms. The van der Waals surface area contributed by atoms with Crippen LogP contribution >= 0.6 is 0 Å². The summed E-state index contributed by atoms with van der Waals surface area (Å²) in [4.78, 5) is 18.5. The van der Waals surface area contributed by atoms with E-state index >= 15 is 0 Å². The van der Waals surface area contributed by atoms with E-state index < -0.39 is 5.91 Å². The number of anilines is 1. The Labute approximate surface area is 141 Å². The Bertz CT molecular complexity index is 858. The first-order valence-corrected chi connectivity index (χ1v) is 8.16. The highest BCUT2D eigenvalue weighted by Crippen LogP contribution is 2.28. The smallest absolute Gasteiger partial charge is 0.259 e. The lowest BCUT2D eigenvalue weighted by molar-refractivity contribution is -0.114. The van der Waals surface area contributed by atoms with Crippen molar-refractivity contribution in [2.24, 2.45) is 5.73 Å². The molecule has 1 aromatic carbocycles. The SMILES string of the molecule is Cc1ccc2nc(N3CCCCC3)c(C=C(C#N)C(N)=O)cc2c1. The molecular weight excluding hydrogens is 300 g/mol. The number of primary amides is 1. The molecule has 5 heteroatoms. The van der Waals surface area contributed by atoms with Crippen LogP contribution in [0.25, 0.3) is 17.0 Å². The van der Waals surface area contributed by atoms with Crippen molar-refractivity contribution in [3.8, 4) is 6.07 Å². The number of carbonyl (C=O) groups is 1. The predicted molar refractivity (Wildman–Crippen MR) is 95.3 cm³/mol. The molecule has 24 heavy (non-hydrogen) atoms. The maximum absolute atomic E-state index is 11.4. The van der Waals surface area contributed by atoms with Gasteiger partial charge in [0.1, 0.15) is 17.5 Å². The molecule has 1 amide bonds. The Morgan fingerprint density at radius 3 is 2.71 bits per heavy atom. The second kappa shape index (κ2) is 6.71. The van der Waals surface area contributed by atoms with Crippen molar-refractivity contribution in [2.45, 2.75) is 26.2 Å². The predicted octanol–water partition coefficient (Wildman–Crippen LogP) is 2.93. The fourth-order valence-corrected chi connectivity index (χ4v) is 3.08. The summed E-state index contributed by atoms with van der Waals surface area (Å²) in [5.74, 6) is 0.103. The summed E-state index contributed by atoms with van der Waals surface area (Å²) in [7, 11) is 0. The fraction of sp³-hybridized carbons (Fsp3) is 0.316. The summed E-state index contributed by atoms with van der Waals surface area (Å²) < 4.78 is 0. The van der Waals surface area contributed by atoms with Gasteiger partial charge in [0.2, 0.25) is 0 Å². The van der Waals surface area contributed by atoms with Crippen LogP contribution in [0.5, 0.6) is 0 Å². The number of hydrogen-bond donors (Lipinski definition) is 1. The number of rotatable bonds is 3. The van der Waals surface area contributed by atoms with Crippen molar-refractivity contribution in [1.29, 1.82) is 5.26 Å². The molecule has 0 aliphatic carbocycles. The van der Waals surface area contributed by atoms with E-state index in [2.05, 4.69) is 11.0 Å². The van der Waals surface area contributed by atoms with E-state index in [9.17, 15) is 4.79 Å². The van der Waals surface area contributed by atoms with Gasteiger partial charge in [0.25, 0.3) is 5.91 Å². The summed E-state index contributed by atoms with van der Waals surface area (Å²) in [6, 6.07) is 9.96. The minimum atomic E-state index is -0.716.